The van der Waals surface area contributed by atoms with Gasteiger partial charge in [0, 0.05) is 44.9 Å². The molecule has 2 fully saturated rings. The SMILES string of the molecule is CC(=O)NC[C@H]1CN(c2cc(F)c(N3CCNN(C(=O)Oc4cccnc4)CC3)c(F)c2)C(=O)O1. The minimum absolute atomic E-state index is 0.00805. The number of ether oxygens (including phenoxy) is 2. The summed E-state index contributed by atoms with van der Waals surface area (Å²) < 4.78 is 40.5. The highest BCUT2D eigenvalue weighted by atomic mass is 19.1. The Morgan fingerprint density at radius 3 is 2.71 bits per heavy atom. The van der Waals surface area contributed by atoms with Gasteiger partial charge in [-0.2, -0.15) is 0 Å². The Kier molecular flexibility index (Phi) is 7.25. The fraction of sp³-hybridized carbons (Fsp3) is 0.364. The van der Waals surface area contributed by atoms with Crippen molar-refractivity contribution in [1.82, 2.24) is 20.7 Å². The van der Waals surface area contributed by atoms with Gasteiger partial charge in [0.05, 0.1) is 31.5 Å². The van der Waals surface area contributed by atoms with Crippen molar-refractivity contribution >= 4 is 29.5 Å². The maximum atomic E-state index is 15.1. The van der Waals surface area contributed by atoms with E-state index in [1.54, 1.807) is 18.3 Å². The van der Waals surface area contributed by atoms with Crippen molar-refractivity contribution in [3.63, 3.8) is 0 Å². The fourth-order valence-corrected chi connectivity index (χ4v) is 3.78. The van der Waals surface area contributed by atoms with E-state index < -0.39 is 29.9 Å². The van der Waals surface area contributed by atoms with Crippen molar-refractivity contribution in [2.24, 2.45) is 0 Å². The second kappa shape index (κ2) is 10.5. The lowest BCUT2D eigenvalue weighted by Gasteiger charge is -2.25. The lowest BCUT2D eigenvalue weighted by atomic mass is 10.2. The fourth-order valence-electron chi connectivity index (χ4n) is 3.78. The lowest BCUT2D eigenvalue weighted by molar-refractivity contribution is -0.119. The molecule has 2 N–H and O–H groups in total. The minimum Gasteiger partial charge on any atom is -0.442 e. The topological polar surface area (TPSA) is 116 Å². The number of aromatic nitrogens is 1. The number of amides is 3. The predicted molar refractivity (Wildman–Crippen MR) is 120 cm³/mol. The predicted octanol–water partition coefficient (Wildman–Crippen LogP) is 1.65. The van der Waals surface area contributed by atoms with Crippen molar-refractivity contribution in [2.75, 3.05) is 49.1 Å². The summed E-state index contributed by atoms with van der Waals surface area (Å²) in [5.74, 6) is -1.72. The van der Waals surface area contributed by atoms with Gasteiger partial charge in [-0.25, -0.2) is 28.8 Å². The third-order valence-electron chi connectivity index (χ3n) is 5.42. The highest BCUT2D eigenvalue weighted by molar-refractivity contribution is 5.90. The molecule has 35 heavy (non-hydrogen) atoms. The zero-order valence-electron chi connectivity index (χ0n) is 18.9. The summed E-state index contributed by atoms with van der Waals surface area (Å²) in [6.07, 6.45) is 0.884. The summed E-state index contributed by atoms with van der Waals surface area (Å²) >= 11 is 0. The first kappa shape index (κ1) is 24.1. The van der Waals surface area contributed by atoms with Gasteiger partial charge in [-0.3, -0.25) is 14.7 Å². The van der Waals surface area contributed by atoms with Crippen LogP contribution in [-0.4, -0.2) is 73.5 Å². The molecule has 2 saturated heterocycles. The number of cyclic esters (lactones) is 1. The van der Waals surface area contributed by atoms with Crippen LogP contribution >= 0.6 is 0 Å². The molecule has 0 saturated carbocycles. The van der Waals surface area contributed by atoms with E-state index in [0.717, 1.165) is 17.0 Å². The van der Waals surface area contributed by atoms with E-state index in [-0.39, 0.29) is 62.3 Å². The van der Waals surface area contributed by atoms with Crippen LogP contribution in [0.5, 0.6) is 5.75 Å². The highest BCUT2D eigenvalue weighted by Gasteiger charge is 2.34. The molecular weight excluding hydrogens is 466 g/mol. The molecule has 1 aromatic carbocycles. The summed E-state index contributed by atoms with van der Waals surface area (Å²) in [4.78, 5) is 42.1. The average Bonchev–Trinajstić information content (AvgIpc) is 3.02. The van der Waals surface area contributed by atoms with Gasteiger partial charge in [0.25, 0.3) is 0 Å². The number of nitrogens with one attached hydrogen (secondary N) is 2. The zero-order valence-corrected chi connectivity index (χ0v) is 18.9. The molecule has 4 rings (SSSR count). The number of halogens is 2. The molecule has 186 valence electrons. The normalized spacial score (nSPS) is 18.2. The molecule has 0 spiro atoms. The molecule has 2 aliphatic rings. The van der Waals surface area contributed by atoms with Crippen LogP contribution in [0.4, 0.5) is 29.7 Å². The first-order chi connectivity index (χ1) is 16.8. The average molecular weight is 490 g/mol. The molecule has 2 aromatic rings. The second-order valence-electron chi connectivity index (χ2n) is 7.91. The maximum Gasteiger partial charge on any atom is 0.429 e. The van der Waals surface area contributed by atoms with Crippen LogP contribution < -0.4 is 25.3 Å². The van der Waals surface area contributed by atoms with Gasteiger partial charge in [-0.05, 0) is 12.1 Å². The number of carbonyl (C=O) groups is 3. The number of benzene rings is 1. The molecule has 0 unspecified atom stereocenters. The van der Waals surface area contributed by atoms with Gasteiger partial charge in [-0.15, -0.1) is 0 Å². The van der Waals surface area contributed by atoms with Crippen LogP contribution in [0.15, 0.2) is 36.7 Å². The van der Waals surface area contributed by atoms with E-state index in [0.29, 0.717) is 0 Å². The number of hydrazine groups is 1. The number of anilines is 2. The number of carbonyl (C=O) groups excluding carboxylic acids is 3. The maximum absolute atomic E-state index is 15.1. The minimum atomic E-state index is -0.857. The number of hydrogen-bond acceptors (Lipinski definition) is 8. The van der Waals surface area contributed by atoms with Crippen molar-refractivity contribution in [3.8, 4) is 5.75 Å². The smallest absolute Gasteiger partial charge is 0.429 e. The first-order valence-corrected chi connectivity index (χ1v) is 10.9. The Bertz CT molecular complexity index is 1080. The quantitative estimate of drug-likeness (QED) is 0.650. The second-order valence-corrected chi connectivity index (χ2v) is 7.91. The van der Waals surface area contributed by atoms with Crippen LogP contribution in [0, 0.1) is 11.6 Å². The number of rotatable bonds is 5. The molecule has 2 aliphatic heterocycles. The summed E-state index contributed by atoms with van der Waals surface area (Å²) in [5, 5.41) is 3.77. The summed E-state index contributed by atoms with van der Waals surface area (Å²) in [7, 11) is 0. The van der Waals surface area contributed by atoms with Crippen LogP contribution in [-0.2, 0) is 9.53 Å². The number of hydrogen-bond donors (Lipinski definition) is 2. The lowest BCUT2D eigenvalue weighted by Crippen LogP contribution is -2.45. The number of nitrogens with zero attached hydrogens (tertiary/aromatic N) is 4. The molecule has 11 nitrogen and oxygen atoms in total. The molecule has 0 aliphatic carbocycles. The summed E-state index contributed by atoms with van der Waals surface area (Å²) in [6.45, 7) is 2.15. The Balaban J connectivity index is 1.42. The van der Waals surface area contributed by atoms with E-state index in [1.165, 1.54) is 23.0 Å². The van der Waals surface area contributed by atoms with Gasteiger partial charge in [0.2, 0.25) is 5.91 Å². The standard InChI is InChI=1S/C22H24F2N6O5/c1-14(31)26-12-17-13-29(21(32)35-17)15-9-18(23)20(19(24)10-15)28-6-5-27-30(8-7-28)22(33)34-16-3-2-4-25-11-16/h2-4,9-11,17,27H,5-8,12-13H2,1H3,(H,26,31)/t17-/m0/s1. The molecule has 3 heterocycles. The largest absolute Gasteiger partial charge is 0.442 e. The number of pyridine rings is 1. The van der Waals surface area contributed by atoms with E-state index in [1.807, 2.05) is 0 Å². The molecule has 1 atom stereocenters. The van der Waals surface area contributed by atoms with Gasteiger partial charge in [-0.1, -0.05) is 0 Å². The van der Waals surface area contributed by atoms with Crippen molar-refractivity contribution < 1.29 is 32.6 Å². The molecule has 0 radical (unpaired) electrons. The zero-order chi connectivity index (χ0) is 24.9. The molecule has 3 amide bonds. The van der Waals surface area contributed by atoms with Crippen molar-refractivity contribution in [1.29, 1.82) is 0 Å². The van der Waals surface area contributed by atoms with E-state index in [2.05, 4.69) is 15.7 Å². The van der Waals surface area contributed by atoms with Crippen LogP contribution in [0.1, 0.15) is 6.92 Å². The molecule has 1 aromatic heterocycles. The van der Waals surface area contributed by atoms with Crippen LogP contribution in [0.3, 0.4) is 0 Å². The van der Waals surface area contributed by atoms with Gasteiger partial charge < -0.3 is 19.7 Å². The van der Waals surface area contributed by atoms with E-state index in [9.17, 15) is 14.4 Å². The third-order valence-corrected chi connectivity index (χ3v) is 5.42. The third kappa shape index (κ3) is 5.74. The Hall–Kier alpha value is -4.00. The summed E-state index contributed by atoms with van der Waals surface area (Å²) in [5.41, 5.74) is 2.62. The van der Waals surface area contributed by atoms with E-state index in [4.69, 9.17) is 9.47 Å². The molecular formula is C22H24F2N6O5. The Labute approximate surface area is 199 Å². The van der Waals surface area contributed by atoms with Gasteiger partial charge >= 0.3 is 12.2 Å². The Morgan fingerprint density at radius 1 is 1.26 bits per heavy atom. The first-order valence-electron chi connectivity index (χ1n) is 10.9. The van der Waals surface area contributed by atoms with Crippen molar-refractivity contribution in [2.45, 2.75) is 13.0 Å². The van der Waals surface area contributed by atoms with Gasteiger partial charge in [0.15, 0.2) is 17.4 Å². The molecule has 13 heteroatoms. The van der Waals surface area contributed by atoms with E-state index >= 15 is 8.78 Å². The molecule has 0 bridgehead atoms. The van der Waals surface area contributed by atoms with Crippen molar-refractivity contribution in [3.05, 3.63) is 48.3 Å². The Morgan fingerprint density at radius 2 is 2.03 bits per heavy atom. The monoisotopic (exact) mass is 490 g/mol. The van der Waals surface area contributed by atoms with Gasteiger partial charge in [0.1, 0.15) is 11.8 Å². The highest BCUT2D eigenvalue weighted by Crippen LogP contribution is 2.31. The van der Waals surface area contributed by atoms with Crippen LogP contribution in [0.25, 0.3) is 0 Å². The summed E-state index contributed by atoms with van der Waals surface area (Å²) in [6, 6.07) is 5.33. The van der Waals surface area contributed by atoms with Crippen LogP contribution in [0.2, 0.25) is 0 Å².